The van der Waals surface area contributed by atoms with Gasteiger partial charge in [-0.05, 0) is 54.6 Å². The molecule has 0 saturated carbocycles. The predicted molar refractivity (Wildman–Crippen MR) is 124 cm³/mol. The number of methoxy groups -OCH3 is 1. The number of nitrogens with zero attached hydrogens (tertiary/aromatic N) is 1. The van der Waals surface area contributed by atoms with Gasteiger partial charge in [-0.1, -0.05) is 48.5 Å². The Morgan fingerprint density at radius 3 is 2.42 bits per heavy atom. The average molecular weight is 412 g/mol. The van der Waals surface area contributed by atoms with E-state index in [1.807, 2.05) is 74.5 Å². The molecule has 0 unspecified atom stereocenters. The van der Waals surface area contributed by atoms with Gasteiger partial charge < -0.3 is 14.6 Å². The molecular formula is C26H24N2O3. The predicted octanol–water partition coefficient (Wildman–Crippen LogP) is 5.00. The first-order valence-corrected chi connectivity index (χ1v) is 10.1. The minimum atomic E-state index is -0.209. The molecule has 1 N–H and O–H groups in total. The molecule has 0 saturated heterocycles. The van der Waals surface area contributed by atoms with Crippen LogP contribution in [0.15, 0.2) is 77.6 Å². The molecule has 3 aromatic carbocycles. The van der Waals surface area contributed by atoms with Gasteiger partial charge in [0.05, 0.1) is 24.9 Å². The van der Waals surface area contributed by atoms with E-state index in [0.717, 1.165) is 22.0 Å². The lowest BCUT2D eigenvalue weighted by molar-refractivity contribution is 0.0983. The summed E-state index contributed by atoms with van der Waals surface area (Å²) in [4.78, 5) is 31.1. The van der Waals surface area contributed by atoms with Crippen molar-refractivity contribution in [1.29, 1.82) is 0 Å². The average Bonchev–Trinajstić information content (AvgIpc) is 2.78. The van der Waals surface area contributed by atoms with Gasteiger partial charge in [0.25, 0.3) is 11.5 Å². The molecule has 4 rings (SSSR count). The van der Waals surface area contributed by atoms with Crippen LogP contribution in [0.1, 0.15) is 27.0 Å². The molecule has 0 spiro atoms. The number of H-pyrrole nitrogens is 1. The molecule has 156 valence electrons. The van der Waals surface area contributed by atoms with Gasteiger partial charge >= 0.3 is 0 Å². The third-order valence-electron chi connectivity index (χ3n) is 5.49. The summed E-state index contributed by atoms with van der Waals surface area (Å²) in [6.07, 6.45) is 0. The summed E-state index contributed by atoms with van der Waals surface area (Å²) in [5.74, 6) is 0.379. The highest BCUT2D eigenvalue weighted by Crippen LogP contribution is 2.31. The minimum absolute atomic E-state index is 0.118. The van der Waals surface area contributed by atoms with Crippen molar-refractivity contribution in [2.24, 2.45) is 0 Å². The molecule has 0 aliphatic carbocycles. The van der Waals surface area contributed by atoms with Gasteiger partial charge in [-0.3, -0.25) is 9.59 Å². The SMILES string of the molecule is COc1ccccc1N(Cc1cc2cccc(C)c2[nH]c1=O)C(=O)c1ccccc1C. The molecule has 4 aromatic rings. The number of aromatic nitrogens is 1. The molecule has 0 radical (unpaired) electrons. The fourth-order valence-electron chi connectivity index (χ4n) is 3.79. The molecule has 1 amide bonds. The quantitative estimate of drug-likeness (QED) is 0.502. The summed E-state index contributed by atoms with van der Waals surface area (Å²) in [7, 11) is 1.57. The Balaban J connectivity index is 1.85. The fourth-order valence-corrected chi connectivity index (χ4v) is 3.79. The van der Waals surface area contributed by atoms with E-state index in [1.54, 1.807) is 24.1 Å². The summed E-state index contributed by atoms with van der Waals surface area (Å²) >= 11 is 0. The van der Waals surface area contributed by atoms with E-state index in [9.17, 15) is 9.59 Å². The summed E-state index contributed by atoms with van der Waals surface area (Å²) in [6, 6.07) is 22.5. The van der Waals surface area contributed by atoms with Crippen LogP contribution < -0.4 is 15.2 Å². The van der Waals surface area contributed by atoms with Crippen LogP contribution in [0.4, 0.5) is 5.69 Å². The largest absolute Gasteiger partial charge is 0.495 e. The number of hydrogen-bond acceptors (Lipinski definition) is 3. The van der Waals surface area contributed by atoms with Crippen molar-refractivity contribution in [3.8, 4) is 5.75 Å². The Labute approximate surface area is 180 Å². The van der Waals surface area contributed by atoms with Crippen LogP contribution >= 0.6 is 0 Å². The number of pyridine rings is 1. The number of aryl methyl sites for hydroxylation is 2. The minimum Gasteiger partial charge on any atom is -0.495 e. The number of carbonyl (C=O) groups is 1. The first-order chi connectivity index (χ1) is 15.0. The van der Waals surface area contributed by atoms with Crippen molar-refractivity contribution >= 4 is 22.5 Å². The van der Waals surface area contributed by atoms with Gasteiger partial charge in [0, 0.05) is 11.1 Å². The van der Waals surface area contributed by atoms with Crippen LogP contribution in [0.3, 0.4) is 0 Å². The zero-order valence-corrected chi connectivity index (χ0v) is 17.8. The molecule has 5 heteroatoms. The van der Waals surface area contributed by atoms with Crippen LogP contribution in [0.2, 0.25) is 0 Å². The van der Waals surface area contributed by atoms with E-state index in [4.69, 9.17) is 4.74 Å². The van der Waals surface area contributed by atoms with Crippen molar-refractivity contribution in [2.45, 2.75) is 20.4 Å². The number of amides is 1. The first-order valence-electron chi connectivity index (χ1n) is 10.1. The van der Waals surface area contributed by atoms with Crippen LogP contribution in [-0.2, 0) is 6.54 Å². The maximum Gasteiger partial charge on any atom is 0.258 e. The van der Waals surface area contributed by atoms with E-state index in [0.29, 0.717) is 22.6 Å². The second-order valence-corrected chi connectivity index (χ2v) is 7.54. The second kappa shape index (κ2) is 8.48. The summed E-state index contributed by atoms with van der Waals surface area (Å²) in [5.41, 5.74) is 4.17. The number of hydrogen-bond donors (Lipinski definition) is 1. The maximum absolute atomic E-state index is 13.6. The highest BCUT2D eigenvalue weighted by molar-refractivity contribution is 6.07. The highest BCUT2D eigenvalue weighted by Gasteiger charge is 2.23. The lowest BCUT2D eigenvalue weighted by Gasteiger charge is -2.25. The Bertz CT molecular complexity index is 1320. The number of ether oxygens (including phenoxy) is 1. The molecule has 31 heavy (non-hydrogen) atoms. The highest BCUT2D eigenvalue weighted by atomic mass is 16.5. The van der Waals surface area contributed by atoms with Crippen LogP contribution in [0.5, 0.6) is 5.75 Å². The van der Waals surface area contributed by atoms with Gasteiger partial charge in [0.15, 0.2) is 0 Å². The van der Waals surface area contributed by atoms with E-state index >= 15 is 0 Å². The maximum atomic E-state index is 13.6. The number of fused-ring (bicyclic) bond motifs is 1. The van der Waals surface area contributed by atoms with Gasteiger partial charge in [-0.25, -0.2) is 0 Å². The summed E-state index contributed by atoms with van der Waals surface area (Å²) < 4.78 is 5.52. The number of carbonyl (C=O) groups excluding carboxylic acids is 1. The van der Waals surface area contributed by atoms with E-state index in [1.165, 1.54) is 0 Å². The number of nitrogens with one attached hydrogen (secondary N) is 1. The van der Waals surface area contributed by atoms with Crippen molar-refractivity contribution in [1.82, 2.24) is 4.98 Å². The third kappa shape index (κ3) is 3.94. The molecule has 1 heterocycles. The van der Waals surface area contributed by atoms with Crippen molar-refractivity contribution in [3.63, 3.8) is 0 Å². The van der Waals surface area contributed by atoms with Gasteiger partial charge in [-0.2, -0.15) is 0 Å². The first kappa shape index (κ1) is 20.4. The molecule has 0 bridgehead atoms. The summed E-state index contributed by atoms with van der Waals surface area (Å²) in [6.45, 7) is 3.98. The lowest BCUT2D eigenvalue weighted by atomic mass is 10.1. The Morgan fingerprint density at radius 1 is 0.935 bits per heavy atom. The topological polar surface area (TPSA) is 62.4 Å². The van der Waals surface area contributed by atoms with Crippen LogP contribution in [0, 0.1) is 13.8 Å². The molecule has 1 aromatic heterocycles. The third-order valence-corrected chi connectivity index (χ3v) is 5.49. The van der Waals surface area contributed by atoms with E-state index in [-0.39, 0.29) is 18.0 Å². The number of aromatic amines is 1. The molecule has 0 aliphatic rings. The number of para-hydroxylation sites is 3. The van der Waals surface area contributed by atoms with Gasteiger partial charge in [0.2, 0.25) is 0 Å². The normalized spacial score (nSPS) is 10.8. The summed E-state index contributed by atoms with van der Waals surface area (Å²) in [5, 5.41) is 0.929. The molecule has 5 nitrogen and oxygen atoms in total. The number of rotatable bonds is 5. The zero-order chi connectivity index (χ0) is 22.0. The van der Waals surface area contributed by atoms with Crippen molar-refractivity contribution in [3.05, 3.63) is 105 Å². The second-order valence-electron chi connectivity index (χ2n) is 7.54. The molecular weight excluding hydrogens is 388 g/mol. The Morgan fingerprint density at radius 2 is 1.65 bits per heavy atom. The van der Waals surface area contributed by atoms with E-state index in [2.05, 4.69) is 4.98 Å². The Kier molecular flexibility index (Phi) is 5.58. The molecule has 0 aliphatic heterocycles. The lowest BCUT2D eigenvalue weighted by Crippen LogP contribution is -2.33. The van der Waals surface area contributed by atoms with Gasteiger partial charge in [0.1, 0.15) is 5.75 Å². The van der Waals surface area contributed by atoms with Crippen LogP contribution in [-0.4, -0.2) is 18.0 Å². The Hall–Kier alpha value is -3.86. The molecule has 0 atom stereocenters. The number of benzene rings is 3. The molecule has 0 fully saturated rings. The fraction of sp³-hybridized carbons (Fsp3) is 0.154. The zero-order valence-electron chi connectivity index (χ0n) is 17.8. The van der Waals surface area contributed by atoms with Crippen LogP contribution in [0.25, 0.3) is 10.9 Å². The number of anilines is 1. The van der Waals surface area contributed by atoms with Crippen molar-refractivity contribution in [2.75, 3.05) is 12.0 Å². The standard InChI is InChI=1S/C26H24N2O3/c1-17-9-4-5-12-21(17)26(30)28(22-13-6-7-14-23(22)31-3)16-20-15-19-11-8-10-18(2)24(19)27-25(20)29/h4-15H,16H2,1-3H3,(H,27,29). The smallest absolute Gasteiger partial charge is 0.258 e. The van der Waals surface area contributed by atoms with Crippen molar-refractivity contribution < 1.29 is 9.53 Å². The van der Waals surface area contributed by atoms with Gasteiger partial charge in [-0.15, -0.1) is 0 Å². The van der Waals surface area contributed by atoms with E-state index < -0.39 is 0 Å². The monoisotopic (exact) mass is 412 g/mol.